The van der Waals surface area contributed by atoms with Gasteiger partial charge in [-0.25, -0.2) is 0 Å². The highest BCUT2D eigenvalue weighted by Crippen LogP contribution is 1.92. The molecule has 0 aliphatic rings. The van der Waals surface area contributed by atoms with Gasteiger partial charge in [0.25, 0.3) is 0 Å². The van der Waals surface area contributed by atoms with E-state index in [1.807, 2.05) is 0 Å². The molecule has 0 heterocycles. The van der Waals surface area contributed by atoms with Crippen LogP contribution in [0.1, 0.15) is 89.9 Å². The van der Waals surface area contributed by atoms with Crippen molar-refractivity contribution in [2.45, 2.75) is 89.9 Å². The maximum absolute atomic E-state index is 5.50. The molecular weight excluding hydrogens is 448 g/mol. The maximum atomic E-state index is 5.50. The van der Waals surface area contributed by atoms with E-state index in [9.17, 15) is 0 Å². The van der Waals surface area contributed by atoms with Gasteiger partial charge in [-0.2, -0.15) is 0 Å². The lowest BCUT2D eigenvalue weighted by Gasteiger charge is -2.08. The Bertz CT molecular complexity index is 339. The first kappa shape index (κ1) is 35.7. The van der Waals surface area contributed by atoms with Crippen LogP contribution in [0.5, 0.6) is 0 Å². The van der Waals surface area contributed by atoms with Crippen LogP contribution >= 0.6 is 0 Å². The van der Waals surface area contributed by atoms with Crippen LogP contribution in [0.4, 0.5) is 0 Å². The van der Waals surface area contributed by atoms with E-state index in [1.165, 1.54) is 77.0 Å². The average Bonchev–Trinajstić information content (AvgIpc) is 2.89. The van der Waals surface area contributed by atoms with E-state index in [4.69, 9.17) is 11.5 Å². The Morgan fingerprint density at radius 2 is 0.361 bits per heavy atom. The fourth-order valence-corrected chi connectivity index (χ4v) is 4.04. The lowest BCUT2D eigenvalue weighted by molar-refractivity contribution is 0.530. The maximum Gasteiger partial charge on any atom is -0.00484 e. The molecule has 0 atom stereocenters. The van der Waals surface area contributed by atoms with Gasteiger partial charge in [-0.1, -0.05) is 0 Å². The van der Waals surface area contributed by atoms with Gasteiger partial charge >= 0.3 is 0 Å². The first-order valence-corrected chi connectivity index (χ1v) is 15.6. The van der Waals surface area contributed by atoms with Crippen molar-refractivity contribution >= 4 is 0 Å². The third-order valence-electron chi connectivity index (χ3n) is 6.40. The van der Waals surface area contributed by atoms with E-state index in [0.717, 1.165) is 104 Å². The molecule has 8 heteroatoms. The van der Waals surface area contributed by atoms with Gasteiger partial charge < -0.3 is 43.4 Å². The van der Waals surface area contributed by atoms with Crippen molar-refractivity contribution in [3.8, 4) is 0 Å². The minimum Gasteiger partial charge on any atom is -0.330 e. The standard InChI is InChI=1S/C28H66N8/c29-15-1-3-17-31-19-5-7-21-33-23-9-11-25-35-27-13-14-28-36-26-12-10-24-34-22-8-6-20-32-18-4-2-16-30/h31-36H,1-30H2. The summed E-state index contributed by atoms with van der Waals surface area (Å²) in [4.78, 5) is 0. The fraction of sp³-hybridized carbons (Fsp3) is 1.00. The van der Waals surface area contributed by atoms with Crippen molar-refractivity contribution < 1.29 is 0 Å². The number of unbranched alkanes of at least 4 members (excludes halogenated alkanes) is 7. The summed E-state index contributed by atoms with van der Waals surface area (Å²) in [6.07, 6.45) is 17.4. The summed E-state index contributed by atoms with van der Waals surface area (Å²) in [5, 5.41) is 21.3. The third kappa shape index (κ3) is 33.7. The van der Waals surface area contributed by atoms with Crippen LogP contribution in [0.3, 0.4) is 0 Å². The predicted octanol–water partition coefficient (Wildman–Crippen LogP) is 1.90. The highest BCUT2D eigenvalue weighted by molar-refractivity contribution is 4.57. The Labute approximate surface area is 225 Å². The van der Waals surface area contributed by atoms with Crippen molar-refractivity contribution in [1.82, 2.24) is 31.9 Å². The Balaban J connectivity index is 3.00. The number of nitrogens with one attached hydrogen (secondary N) is 6. The van der Waals surface area contributed by atoms with Crippen molar-refractivity contribution in [2.75, 3.05) is 91.6 Å². The Kier molecular flexibility index (Phi) is 34.4. The lowest BCUT2D eigenvalue weighted by Crippen LogP contribution is -2.23. The van der Waals surface area contributed by atoms with Gasteiger partial charge in [0.2, 0.25) is 0 Å². The summed E-state index contributed by atoms with van der Waals surface area (Å²) < 4.78 is 0. The number of hydrogen-bond acceptors (Lipinski definition) is 8. The second-order valence-corrected chi connectivity index (χ2v) is 10.0. The van der Waals surface area contributed by atoms with Crippen LogP contribution in [0.2, 0.25) is 0 Å². The summed E-state index contributed by atoms with van der Waals surface area (Å²) in [5.41, 5.74) is 11.0. The quantitative estimate of drug-likeness (QED) is 0.0625. The molecule has 0 saturated heterocycles. The fourth-order valence-electron chi connectivity index (χ4n) is 4.04. The van der Waals surface area contributed by atoms with Crippen LogP contribution in [0, 0.1) is 0 Å². The Hall–Kier alpha value is -0.320. The molecule has 0 amide bonds. The normalized spacial score (nSPS) is 11.5. The van der Waals surface area contributed by atoms with E-state index in [1.54, 1.807) is 0 Å². The molecule has 0 radical (unpaired) electrons. The predicted molar refractivity (Wildman–Crippen MR) is 160 cm³/mol. The third-order valence-corrected chi connectivity index (χ3v) is 6.40. The average molecular weight is 515 g/mol. The molecule has 0 aromatic rings. The zero-order valence-corrected chi connectivity index (χ0v) is 24.0. The number of nitrogens with two attached hydrogens (primary N) is 2. The number of rotatable bonds is 33. The van der Waals surface area contributed by atoms with Crippen molar-refractivity contribution in [3.63, 3.8) is 0 Å². The molecule has 0 unspecified atom stereocenters. The highest BCUT2D eigenvalue weighted by atomic mass is 14.9. The molecule has 8 nitrogen and oxygen atoms in total. The van der Waals surface area contributed by atoms with Crippen LogP contribution < -0.4 is 43.4 Å². The molecule has 36 heavy (non-hydrogen) atoms. The van der Waals surface area contributed by atoms with E-state index in [-0.39, 0.29) is 0 Å². The molecule has 0 aliphatic carbocycles. The van der Waals surface area contributed by atoms with Crippen LogP contribution in [0.25, 0.3) is 0 Å². The molecule has 218 valence electrons. The van der Waals surface area contributed by atoms with E-state index < -0.39 is 0 Å². The minimum atomic E-state index is 0.813. The molecule has 0 spiro atoms. The summed E-state index contributed by atoms with van der Waals surface area (Å²) in [7, 11) is 0. The zero-order valence-electron chi connectivity index (χ0n) is 24.0. The Morgan fingerprint density at radius 3 is 0.500 bits per heavy atom. The first-order valence-electron chi connectivity index (χ1n) is 15.6. The zero-order chi connectivity index (χ0) is 26.0. The second kappa shape index (κ2) is 34.7. The molecule has 0 rings (SSSR count). The summed E-state index contributed by atoms with van der Waals surface area (Å²) in [6.45, 7) is 15.3. The lowest BCUT2D eigenvalue weighted by atomic mass is 10.2. The SMILES string of the molecule is NCCCCNCCCCNCCCCNCCCCNCCCCNCCCCNCCCCN. The van der Waals surface area contributed by atoms with Gasteiger partial charge in [-0.15, -0.1) is 0 Å². The van der Waals surface area contributed by atoms with Crippen LogP contribution in [-0.2, 0) is 0 Å². The smallest absolute Gasteiger partial charge is 0.00484 e. The van der Waals surface area contributed by atoms with Gasteiger partial charge in [-0.05, 0) is 182 Å². The van der Waals surface area contributed by atoms with Crippen molar-refractivity contribution in [1.29, 1.82) is 0 Å². The van der Waals surface area contributed by atoms with Gasteiger partial charge in [0, 0.05) is 0 Å². The molecule has 0 aromatic carbocycles. The van der Waals surface area contributed by atoms with Gasteiger partial charge in [0.05, 0.1) is 0 Å². The van der Waals surface area contributed by atoms with Crippen molar-refractivity contribution in [2.24, 2.45) is 11.5 Å². The molecule has 0 aliphatic heterocycles. The summed E-state index contributed by atoms with van der Waals surface area (Å²) in [6, 6.07) is 0. The molecule has 0 fully saturated rings. The summed E-state index contributed by atoms with van der Waals surface area (Å²) >= 11 is 0. The van der Waals surface area contributed by atoms with Gasteiger partial charge in [0.15, 0.2) is 0 Å². The second-order valence-electron chi connectivity index (χ2n) is 10.0. The van der Waals surface area contributed by atoms with Crippen LogP contribution in [0.15, 0.2) is 0 Å². The van der Waals surface area contributed by atoms with E-state index in [0.29, 0.717) is 0 Å². The van der Waals surface area contributed by atoms with E-state index in [2.05, 4.69) is 31.9 Å². The van der Waals surface area contributed by atoms with Gasteiger partial charge in [0.1, 0.15) is 0 Å². The monoisotopic (exact) mass is 515 g/mol. The molecule has 0 saturated carbocycles. The molecular formula is C28H66N8. The molecule has 10 N–H and O–H groups in total. The molecule has 0 aromatic heterocycles. The topological polar surface area (TPSA) is 124 Å². The number of hydrogen-bond donors (Lipinski definition) is 8. The van der Waals surface area contributed by atoms with Gasteiger partial charge in [-0.3, -0.25) is 0 Å². The largest absolute Gasteiger partial charge is 0.330 e. The van der Waals surface area contributed by atoms with Crippen molar-refractivity contribution in [3.05, 3.63) is 0 Å². The van der Waals surface area contributed by atoms with E-state index >= 15 is 0 Å². The minimum absolute atomic E-state index is 0.813. The molecule has 0 bridgehead atoms. The Morgan fingerprint density at radius 1 is 0.222 bits per heavy atom. The first-order chi connectivity index (χ1) is 17.9. The summed E-state index contributed by atoms with van der Waals surface area (Å²) in [5.74, 6) is 0. The van der Waals surface area contributed by atoms with Crippen LogP contribution in [-0.4, -0.2) is 91.6 Å². The highest BCUT2D eigenvalue weighted by Gasteiger charge is 1.95.